The van der Waals surface area contributed by atoms with Crippen LogP contribution in [-0.4, -0.2) is 56.9 Å². The maximum atomic E-state index is 12.2. The number of sulfonamides is 1. The van der Waals surface area contributed by atoms with E-state index in [2.05, 4.69) is 9.71 Å². The zero-order valence-electron chi connectivity index (χ0n) is 13.2. The highest BCUT2D eigenvalue weighted by atomic mass is 32.2. The Morgan fingerprint density at radius 2 is 1.96 bits per heavy atom. The Bertz CT molecular complexity index is 853. The number of Topliss-reactive ketones (excluding diaryl/α,β-unsaturated/α-hetero) is 1. The summed E-state index contributed by atoms with van der Waals surface area (Å²) in [5.41, 5.74) is 1.79. The Labute approximate surface area is 134 Å². The van der Waals surface area contributed by atoms with E-state index in [0.29, 0.717) is 11.8 Å². The standard InChI is InChI=1S/C15H19N3O4S/c1-16-23(21,22)7-6-10-4-5-13-11(8-10)12(9-17-13)14(19)15(20)18(2)3/h4-5,8-9,16-17H,6-7H2,1-3H3. The average Bonchev–Trinajstić information content (AvgIpc) is 2.94. The van der Waals surface area contributed by atoms with E-state index < -0.39 is 21.7 Å². The number of hydrogen-bond donors (Lipinski definition) is 2. The summed E-state index contributed by atoms with van der Waals surface area (Å²) < 4.78 is 25.3. The molecule has 2 aromatic rings. The van der Waals surface area contributed by atoms with Crippen LogP contribution >= 0.6 is 0 Å². The number of aromatic nitrogens is 1. The molecule has 0 aliphatic heterocycles. The van der Waals surface area contributed by atoms with E-state index in [1.165, 1.54) is 32.2 Å². The second kappa shape index (κ2) is 6.51. The van der Waals surface area contributed by atoms with Gasteiger partial charge in [-0.2, -0.15) is 0 Å². The Hall–Kier alpha value is -2.19. The molecule has 124 valence electrons. The third-order valence-electron chi connectivity index (χ3n) is 3.56. The number of aryl methyl sites for hydroxylation is 1. The molecule has 0 bridgehead atoms. The van der Waals surface area contributed by atoms with Gasteiger partial charge in [-0.05, 0) is 31.2 Å². The molecular weight excluding hydrogens is 318 g/mol. The van der Waals surface area contributed by atoms with Crippen molar-refractivity contribution in [3.8, 4) is 0 Å². The van der Waals surface area contributed by atoms with Crippen LogP contribution < -0.4 is 4.72 Å². The Morgan fingerprint density at radius 3 is 2.57 bits per heavy atom. The van der Waals surface area contributed by atoms with Crippen LogP contribution in [0.1, 0.15) is 15.9 Å². The van der Waals surface area contributed by atoms with Crippen LogP contribution in [-0.2, 0) is 21.2 Å². The molecule has 0 radical (unpaired) electrons. The SMILES string of the molecule is CNS(=O)(=O)CCc1ccc2[nH]cc(C(=O)C(=O)N(C)C)c2c1. The van der Waals surface area contributed by atoms with E-state index in [4.69, 9.17) is 0 Å². The zero-order chi connectivity index (χ0) is 17.2. The number of aromatic amines is 1. The summed E-state index contributed by atoms with van der Waals surface area (Å²) in [6.45, 7) is 0. The molecule has 0 saturated carbocycles. The lowest BCUT2D eigenvalue weighted by Gasteiger charge is -2.08. The van der Waals surface area contributed by atoms with Crippen LogP contribution in [0.25, 0.3) is 10.9 Å². The molecule has 1 aromatic carbocycles. The Kier molecular flexibility index (Phi) is 4.86. The highest BCUT2D eigenvalue weighted by Crippen LogP contribution is 2.21. The molecule has 0 aliphatic rings. The molecule has 0 spiro atoms. The van der Waals surface area contributed by atoms with Gasteiger partial charge in [-0.1, -0.05) is 6.07 Å². The van der Waals surface area contributed by atoms with Crippen molar-refractivity contribution in [1.29, 1.82) is 0 Å². The van der Waals surface area contributed by atoms with Gasteiger partial charge in [0.15, 0.2) is 0 Å². The first kappa shape index (κ1) is 17.2. The predicted octanol–water partition coefficient (Wildman–Crippen LogP) is 0.530. The van der Waals surface area contributed by atoms with Gasteiger partial charge in [0.1, 0.15) is 0 Å². The van der Waals surface area contributed by atoms with E-state index in [-0.39, 0.29) is 11.3 Å². The highest BCUT2D eigenvalue weighted by Gasteiger charge is 2.21. The number of carbonyl (C=O) groups excluding carboxylic acids is 2. The van der Waals surface area contributed by atoms with Crippen LogP contribution in [0.2, 0.25) is 0 Å². The first-order valence-corrected chi connectivity index (χ1v) is 8.67. The molecule has 2 rings (SSSR count). The number of likely N-dealkylation sites (N-methyl/N-ethyl adjacent to an activating group) is 1. The highest BCUT2D eigenvalue weighted by molar-refractivity contribution is 7.89. The van der Waals surface area contributed by atoms with Crippen molar-refractivity contribution < 1.29 is 18.0 Å². The van der Waals surface area contributed by atoms with Crippen molar-refractivity contribution in [3.63, 3.8) is 0 Å². The van der Waals surface area contributed by atoms with Gasteiger partial charge in [-0.3, -0.25) is 9.59 Å². The summed E-state index contributed by atoms with van der Waals surface area (Å²) in [6, 6.07) is 5.31. The van der Waals surface area contributed by atoms with Crippen molar-refractivity contribution in [3.05, 3.63) is 35.5 Å². The molecule has 1 aromatic heterocycles. The molecule has 0 saturated heterocycles. The van der Waals surface area contributed by atoms with Crippen LogP contribution in [0.5, 0.6) is 0 Å². The van der Waals surface area contributed by atoms with Crippen LogP contribution in [0.15, 0.2) is 24.4 Å². The number of carbonyl (C=O) groups is 2. The number of benzene rings is 1. The molecule has 0 fully saturated rings. The van der Waals surface area contributed by atoms with E-state index in [9.17, 15) is 18.0 Å². The van der Waals surface area contributed by atoms with Gasteiger partial charge in [-0.25, -0.2) is 13.1 Å². The van der Waals surface area contributed by atoms with Gasteiger partial charge in [-0.15, -0.1) is 0 Å². The van der Waals surface area contributed by atoms with E-state index >= 15 is 0 Å². The zero-order valence-corrected chi connectivity index (χ0v) is 14.0. The average molecular weight is 337 g/mol. The van der Waals surface area contributed by atoms with E-state index in [0.717, 1.165) is 11.1 Å². The van der Waals surface area contributed by atoms with Crippen molar-refractivity contribution in [1.82, 2.24) is 14.6 Å². The number of ketones is 1. The molecule has 0 aliphatic carbocycles. The molecule has 0 unspecified atom stereocenters. The molecule has 1 amide bonds. The first-order chi connectivity index (χ1) is 10.7. The number of amides is 1. The minimum atomic E-state index is -3.29. The van der Waals surface area contributed by atoms with Crippen molar-refractivity contribution in [2.75, 3.05) is 26.9 Å². The second-order valence-electron chi connectivity index (χ2n) is 5.38. The maximum Gasteiger partial charge on any atom is 0.294 e. The van der Waals surface area contributed by atoms with E-state index in [1.807, 2.05) is 0 Å². The Morgan fingerprint density at radius 1 is 1.26 bits per heavy atom. The number of rotatable bonds is 6. The van der Waals surface area contributed by atoms with Crippen LogP contribution in [0, 0.1) is 0 Å². The summed E-state index contributed by atoms with van der Waals surface area (Å²) >= 11 is 0. The largest absolute Gasteiger partial charge is 0.360 e. The van der Waals surface area contributed by atoms with Gasteiger partial charge < -0.3 is 9.88 Å². The van der Waals surface area contributed by atoms with Gasteiger partial charge in [0, 0.05) is 31.2 Å². The van der Waals surface area contributed by atoms with Gasteiger partial charge in [0.05, 0.1) is 11.3 Å². The molecule has 1 heterocycles. The molecular formula is C15H19N3O4S. The third-order valence-corrected chi connectivity index (χ3v) is 4.93. The third kappa shape index (κ3) is 3.77. The minimum absolute atomic E-state index is 0.0423. The van der Waals surface area contributed by atoms with Crippen LogP contribution in [0.3, 0.4) is 0 Å². The monoisotopic (exact) mass is 337 g/mol. The van der Waals surface area contributed by atoms with Crippen molar-refractivity contribution in [2.45, 2.75) is 6.42 Å². The summed E-state index contributed by atoms with van der Waals surface area (Å²) in [6.07, 6.45) is 1.82. The maximum absolute atomic E-state index is 12.2. The van der Waals surface area contributed by atoms with Crippen LogP contribution in [0.4, 0.5) is 0 Å². The number of hydrogen-bond acceptors (Lipinski definition) is 4. The normalized spacial score (nSPS) is 11.6. The summed E-state index contributed by atoms with van der Waals surface area (Å²) in [7, 11) is 1.11. The molecule has 7 nitrogen and oxygen atoms in total. The number of fused-ring (bicyclic) bond motifs is 1. The predicted molar refractivity (Wildman–Crippen MR) is 87.9 cm³/mol. The number of nitrogens with one attached hydrogen (secondary N) is 2. The lowest BCUT2D eigenvalue weighted by atomic mass is 10.0. The number of H-pyrrole nitrogens is 1. The van der Waals surface area contributed by atoms with Crippen molar-refractivity contribution >= 4 is 32.6 Å². The Balaban J connectivity index is 2.33. The summed E-state index contributed by atoms with van der Waals surface area (Å²) in [5, 5.41) is 0.615. The molecule has 8 heteroatoms. The topological polar surface area (TPSA) is 99.3 Å². The van der Waals surface area contributed by atoms with Gasteiger partial charge in [0.2, 0.25) is 10.0 Å². The molecule has 2 N–H and O–H groups in total. The van der Waals surface area contributed by atoms with Crippen molar-refractivity contribution in [2.24, 2.45) is 0 Å². The fourth-order valence-electron chi connectivity index (χ4n) is 2.18. The van der Waals surface area contributed by atoms with Gasteiger partial charge in [0.25, 0.3) is 11.7 Å². The lowest BCUT2D eigenvalue weighted by Crippen LogP contribution is -2.29. The quantitative estimate of drug-likeness (QED) is 0.593. The fourth-order valence-corrected chi connectivity index (χ4v) is 2.89. The number of nitrogens with zero attached hydrogens (tertiary/aromatic N) is 1. The molecule has 23 heavy (non-hydrogen) atoms. The second-order valence-corrected chi connectivity index (χ2v) is 7.43. The fraction of sp³-hybridized carbons (Fsp3) is 0.333. The summed E-state index contributed by atoms with van der Waals surface area (Å²) in [4.78, 5) is 28.2. The first-order valence-electron chi connectivity index (χ1n) is 7.02. The minimum Gasteiger partial charge on any atom is -0.360 e. The lowest BCUT2D eigenvalue weighted by molar-refractivity contribution is -0.124. The van der Waals surface area contributed by atoms with E-state index in [1.54, 1.807) is 18.2 Å². The van der Waals surface area contributed by atoms with Gasteiger partial charge >= 0.3 is 0 Å². The smallest absolute Gasteiger partial charge is 0.294 e. The molecule has 0 atom stereocenters. The summed E-state index contributed by atoms with van der Waals surface area (Å²) in [5.74, 6) is -1.24.